The summed E-state index contributed by atoms with van der Waals surface area (Å²) < 4.78 is 0. The van der Waals surface area contributed by atoms with E-state index in [1.165, 1.54) is 0 Å². The molecule has 0 heterocycles. The zero-order valence-corrected chi connectivity index (χ0v) is 10.1. The highest BCUT2D eigenvalue weighted by Crippen LogP contribution is 2.02. The van der Waals surface area contributed by atoms with Crippen molar-refractivity contribution in [3.05, 3.63) is 35.9 Å². The molecule has 14 heavy (non-hydrogen) atoms. The van der Waals surface area contributed by atoms with Gasteiger partial charge in [0.25, 0.3) is 0 Å². The Kier molecular flexibility index (Phi) is 6.79. The summed E-state index contributed by atoms with van der Waals surface area (Å²) in [5, 5.41) is 0. The number of rotatable bonds is 4. The molecule has 0 bridgehead atoms. The molecule has 1 aromatic carbocycles. The third-order valence-corrected chi connectivity index (χ3v) is 2.11. The van der Waals surface area contributed by atoms with Crippen molar-refractivity contribution in [3.63, 3.8) is 0 Å². The fourth-order valence-corrected chi connectivity index (χ4v) is 1.28. The summed E-state index contributed by atoms with van der Waals surface area (Å²) in [5.74, 6) is -0.112. The zero-order chi connectivity index (χ0) is 9.68. The molecule has 0 aliphatic carbocycles. The lowest BCUT2D eigenvalue weighted by Gasteiger charge is -2.07. The Bertz CT molecular complexity index is 279. The lowest BCUT2D eigenvalue weighted by atomic mass is 10.0. The second-order valence-corrected chi connectivity index (χ2v) is 3.16. The summed E-state index contributed by atoms with van der Waals surface area (Å²) in [7, 11) is 0. The van der Waals surface area contributed by atoms with E-state index in [1.807, 2.05) is 30.3 Å². The van der Waals surface area contributed by atoms with Crippen molar-refractivity contribution in [2.24, 2.45) is 5.73 Å². The molecule has 2 N–H and O–H groups in total. The lowest BCUT2D eigenvalue weighted by molar-refractivity contribution is -0.117. The Morgan fingerprint density at radius 1 is 1.36 bits per heavy atom. The van der Waals surface area contributed by atoms with Crippen LogP contribution in [-0.2, 0) is 11.2 Å². The Labute approximate surface area is 99.2 Å². The topological polar surface area (TPSA) is 43.1 Å². The third-order valence-electron chi connectivity index (χ3n) is 1.84. The van der Waals surface area contributed by atoms with Crippen molar-refractivity contribution in [2.45, 2.75) is 12.5 Å². The number of alkyl halides is 1. The van der Waals surface area contributed by atoms with Gasteiger partial charge in [-0.2, -0.15) is 0 Å². The minimum Gasteiger partial charge on any atom is -0.321 e. The van der Waals surface area contributed by atoms with Gasteiger partial charge >= 0.3 is 0 Å². The SMILES string of the molecule is Br.NC(Cc1ccccc1)C(=O)CCl. The van der Waals surface area contributed by atoms with Crippen LogP contribution in [-0.4, -0.2) is 17.7 Å². The van der Waals surface area contributed by atoms with Crippen LogP contribution >= 0.6 is 28.6 Å². The van der Waals surface area contributed by atoms with Gasteiger partial charge in [0.1, 0.15) is 0 Å². The summed E-state index contributed by atoms with van der Waals surface area (Å²) in [5.41, 5.74) is 6.69. The Morgan fingerprint density at radius 2 is 1.93 bits per heavy atom. The van der Waals surface area contributed by atoms with Gasteiger partial charge in [-0.1, -0.05) is 30.3 Å². The van der Waals surface area contributed by atoms with E-state index < -0.39 is 6.04 Å². The van der Waals surface area contributed by atoms with E-state index in [9.17, 15) is 4.79 Å². The van der Waals surface area contributed by atoms with Crippen LogP contribution in [0.1, 0.15) is 5.56 Å². The molecule has 1 unspecified atom stereocenters. The predicted octanol–water partition coefficient (Wildman–Crippen LogP) is 1.94. The van der Waals surface area contributed by atoms with Crippen molar-refractivity contribution in [1.29, 1.82) is 0 Å². The van der Waals surface area contributed by atoms with Crippen molar-refractivity contribution < 1.29 is 4.79 Å². The van der Waals surface area contributed by atoms with Crippen molar-refractivity contribution >= 4 is 34.4 Å². The first-order chi connectivity index (χ1) is 6.24. The van der Waals surface area contributed by atoms with E-state index in [2.05, 4.69) is 0 Å². The van der Waals surface area contributed by atoms with Crippen LogP contribution in [0.5, 0.6) is 0 Å². The number of hydrogen-bond acceptors (Lipinski definition) is 2. The van der Waals surface area contributed by atoms with Gasteiger partial charge in [-0.05, 0) is 12.0 Å². The molecule has 78 valence electrons. The fourth-order valence-electron chi connectivity index (χ4n) is 1.08. The molecule has 0 saturated heterocycles. The number of halogens is 2. The molecular weight excluding hydrogens is 265 g/mol. The summed E-state index contributed by atoms with van der Waals surface area (Å²) in [6, 6.07) is 9.20. The quantitative estimate of drug-likeness (QED) is 0.856. The number of ketones is 1. The minimum absolute atomic E-state index is 0. The number of carbonyl (C=O) groups excluding carboxylic acids is 1. The van der Waals surface area contributed by atoms with Crippen molar-refractivity contribution in [2.75, 3.05) is 5.88 Å². The van der Waals surface area contributed by atoms with Gasteiger partial charge in [0, 0.05) is 0 Å². The van der Waals surface area contributed by atoms with Crippen LogP contribution in [0.15, 0.2) is 30.3 Å². The number of hydrogen-bond donors (Lipinski definition) is 1. The summed E-state index contributed by atoms with van der Waals surface area (Å²) >= 11 is 5.38. The summed E-state index contributed by atoms with van der Waals surface area (Å²) in [4.78, 5) is 11.1. The van der Waals surface area contributed by atoms with E-state index in [-0.39, 0.29) is 28.6 Å². The van der Waals surface area contributed by atoms with Crippen molar-refractivity contribution in [3.8, 4) is 0 Å². The monoisotopic (exact) mass is 277 g/mol. The fraction of sp³-hybridized carbons (Fsp3) is 0.300. The lowest BCUT2D eigenvalue weighted by Crippen LogP contribution is -2.33. The molecule has 1 atom stereocenters. The Balaban J connectivity index is 0.00000169. The number of carbonyl (C=O) groups is 1. The number of Topliss-reactive ketones (excluding diaryl/α,β-unsaturated/α-hetero) is 1. The third kappa shape index (κ3) is 4.22. The second-order valence-electron chi connectivity index (χ2n) is 2.90. The van der Waals surface area contributed by atoms with E-state index in [1.54, 1.807) is 0 Å². The molecule has 0 saturated carbocycles. The zero-order valence-electron chi connectivity index (χ0n) is 7.65. The van der Waals surface area contributed by atoms with E-state index >= 15 is 0 Å². The maximum atomic E-state index is 11.1. The first kappa shape index (κ1) is 13.6. The minimum atomic E-state index is -0.472. The van der Waals surface area contributed by atoms with Crippen LogP contribution in [0.4, 0.5) is 0 Å². The Hall–Kier alpha value is -0.380. The average Bonchev–Trinajstić information content (AvgIpc) is 2.18. The average molecular weight is 279 g/mol. The van der Waals surface area contributed by atoms with Gasteiger partial charge in [-0.25, -0.2) is 0 Å². The smallest absolute Gasteiger partial charge is 0.164 e. The summed E-state index contributed by atoms with van der Waals surface area (Å²) in [6.45, 7) is 0. The van der Waals surface area contributed by atoms with Crippen LogP contribution in [0.2, 0.25) is 0 Å². The molecule has 2 nitrogen and oxygen atoms in total. The molecule has 0 spiro atoms. The van der Waals surface area contributed by atoms with Crippen LogP contribution < -0.4 is 5.73 Å². The van der Waals surface area contributed by atoms with Crippen LogP contribution in [0.25, 0.3) is 0 Å². The Morgan fingerprint density at radius 3 is 2.43 bits per heavy atom. The molecule has 1 aromatic rings. The summed E-state index contributed by atoms with van der Waals surface area (Å²) in [6.07, 6.45) is 0.562. The highest BCUT2D eigenvalue weighted by atomic mass is 79.9. The highest BCUT2D eigenvalue weighted by Gasteiger charge is 2.11. The predicted molar refractivity (Wildman–Crippen MR) is 64.2 cm³/mol. The van der Waals surface area contributed by atoms with Gasteiger partial charge in [0.05, 0.1) is 11.9 Å². The standard InChI is InChI=1S/C10H12ClNO.BrH/c11-7-10(13)9(12)6-8-4-2-1-3-5-8;/h1-5,9H,6-7,12H2;1H. The molecular formula is C10H13BrClNO. The van der Waals surface area contributed by atoms with Crippen LogP contribution in [0.3, 0.4) is 0 Å². The first-order valence-corrected chi connectivity index (χ1v) is 4.65. The van der Waals surface area contributed by atoms with Gasteiger partial charge in [-0.3, -0.25) is 4.79 Å². The van der Waals surface area contributed by atoms with Gasteiger partial charge < -0.3 is 5.73 Å². The molecule has 0 aliphatic rings. The highest BCUT2D eigenvalue weighted by molar-refractivity contribution is 8.93. The molecule has 0 amide bonds. The number of nitrogens with two attached hydrogens (primary N) is 1. The number of benzene rings is 1. The molecule has 0 fully saturated rings. The van der Waals surface area contributed by atoms with E-state index in [0.717, 1.165) is 5.56 Å². The van der Waals surface area contributed by atoms with Gasteiger partial charge in [0.15, 0.2) is 5.78 Å². The van der Waals surface area contributed by atoms with Crippen LogP contribution in [0, 0.1) is 0 Å². The molecule has 1 rings (SSSR count). The molecule has 0 radical (unpaired) electrons. The van der Waals surface area contributed by atoms with Gasteiger partial charge in [-0.15, -0.1) is 28.6 Å². The van der Waals surface area contributed by atoms with E-state index in [4.69, 9.17) is 17.3 Å². The maximum Gasteiger partial charge on any atom is 0.164 e. The largest absolute Gasteiger partial charge is 0.321 e. The van der Waals surface area contributed by atoms with Gasteiger partial charge in [0.2, 0.25) is 0 Å². The first-order valence-electron chi connectivity index (χ1n) is 4.12. The molecule has 0 aromatic heterocycles. The second kappa shape index (κ2) is 6.98. The normalized spacial score (nSPS) is 11.6. The maximum absolute atomic E-state index is 11.1. The van der Waals surface area contributed by atoms with Crippen molar-refractivity contribution in [1.82, 2.24) is 0 Å². The molecule has 0 aliphatic heterocycles. The van der Waals surface area contributed by atoms with E-state index in [0.29, 0.717) is 6.42 Å². The molecule has 4 heteroatoms.